The predicted octanol–water partition coefficient (Wildman–Crippen LogP) is -1.36. The summed E-state index contributed by atoms with van der Waals surface area (Å²) in [4.78, 5) is 48.9. The van der Waals surface area contributed by atoms with Crippen molar-refractivity contribution in [1.82, 2.24) is 15.5 Å². The highest BCUT2D eigenvalue weighted by Crippen LogP contribution is 2.19. The van der Waals surface area contributed by atoms with Gasteiger partial charge in [0.25, 0.3) is 0 Å². The Morgan fingerprint density at radius 2 is 2.09 bits per heavy atom. The predicted molar refractivity (Wildman–Crippen MR) is 77.3 cm³/mol. The minimum atomic E-state index is -0.667. The van der Waals surface area contributed by atoms with Gasteiger partial charge in [0.05, 0.1) is 6.04 Å². The fourth-order valence-electron chi connectivity index (χ4n) is 2.79. The fraction of sp³-hybridized carbons (Fsp3) is 0.714. The molecule has 2 aliphatic rings. The monoisotopic (exact) mass is 310 g/mol. The molecule has 2 rings (SSSR count). The largest absolute Gasteiger partial charge is 0.344 e. The lowest BCUT2D eigenvalue weighted by molar-refractivity contribution is -0.142. The van der Waals surface area contributed by atoms with E-state index in [0.29, 0.717) is 32.2 Å². The molecule has 8 heteroatoms. The summed E-state index contributed by atoms with van der Waals surface area (Å²) in [6, 6.07) is -1.95. The molecule has 0 radical (unpaired) electrons. The molecule has 2 heterocycles. The van der Waals surface area contributed by atoms with Gasteiger partial charge in [-0.3, -0.25) is 24.5 Å². The number of hydrogen-bond acceptors (Lipinski definition) is 5. The van der Waals surface area contributed by atoms with Crippen LogP contribution in [0.3, 0.4) is 0 Å². The second kappa shape index (κ2) is 6.87. The molecule has 2 fully saturated rings. The molecule has 2 aliphatic heterocycles. The number of carbonyl (C=O) groups is 4. The van der Waals surface area contributed by atoms with Gasteiger partial charge in [-0.1, -0.05) is 6.92 Å². The molecule has 3 atom stereocenters. The Hall–Kier alpha value is -1.96. The normalized spacial score (nSPS) is 25.7. The van der Waals surface area contributed by atoms with Gasteiger partial charge in [-0.05, 0) is 25.7 Å². The summed E-state index contributed by atoms with van der Waals surface area (Å²) in [6.07, 6.45) is 2.38. The molecule has 8 nitrogen and oxygen atoms in total. The van der Waals surface area contributed by atoms with Crippen molar-refractivity contribution in [1.29, 1.82) is 0 Å². The van der Waals surface area contributed by atoms with Crippen LogP contribution < -0.4 is 16.4 Å². The van der Waals surface area contributed by atoms with Gasteiger partial charge in [-0.25, -0.2) is 0 Å². The zero-order chi connectivity index (χ0) is 16.3. The lowest BCUT2D eigenvalue weighted by Gasteiger charge is -2.26. The maximum atomic E-state index is 12.2. The van der Waals surface area contributed by atoms with Crippen LogP contribution in [0.1, 0.15) is 39.0 Å². The minimum absolute atomic E-state index is 0.195. The molecule has 4 amide bonds. The van der Waals surface area contributed by atoms with Crippen molar-refractivity contribution in [3.8, 4) is 0 Å². The Morgan fingerprint density at radius 3 is 2.68 bits per heavy atom. The third-order valence-corrected chi connectivity index (χ3v) is 4.15. The Labute approximate surface area is 128 Å². The molecule has 1 unspecified atom stereocenters. The van der Waals surface area contributed by atoms with Crippen molar-refractivity contribution in [2.75, 3.05) is 6.54 Å². The van der Waals surface area contributed by atoms with E-state index in [9.17, 15) is 19.2 Å². The maximum absolute atomic E-state index is 12.2. The number of carbonyl (C=O) groups excluding carboxylic acids is 4. The molecule has 0 saturated carbocycles. The van der Waals surface area contributed by atoms with E-state index in [1.54, 1.807) is 6.92 Å². The van der Waals surface area contributed by atoms with Gasteiger partial charge in [-0.2, -0.15) is 0 Å². The second-order valence-electron chi connectivity index (χ2n) is 5.72. The van der Waals surface area contributed by atoms with E-state index >= 15 is 0 Å². The molecule has 22 heavy (non-hydrogen) atoms. The van der Waals surface area contributed by atoms with E-state index in [1.807, 2.05) is 0 Å². The number of rotatable bonds is 4. The van der Waals surface area contributed by atoms with E-state index in [4.69, 9.17) is 5.73 Å². The molecule has 2 saturated heterocycles. The smallest absolute Gasteiger partial charge is 0.249 e. The summed E-state index contributed by atoms with van der Waals surface area (Å²) in [5.41, 5.74) is 5.74. The first-order valence-corrected chi connectivity index (χ1v) is 7.64. The average molecular weight is 310 g/mol. The van der Waals surface area contributed by atoms with Crippen LogP contribution in [-0.2, 0) is 19.2 Å². The third-order valence-electron chi connectivity index (χ3n) is 4.15. The molecule has 122 valence electrons. The SMILES string of the molecule is CCC(N)C(=O)N1CCC[C@H]1C(=O)NC(=O)[C@@H]1CCC(=O)N1. The molecule has 0 aromatic carbocycles. The van der Waals surface area contributed by atoms with Crippen LogP contribution >= 0.6 is 0 Å². The van der Waals surface area contributed by atoms with Gasteiger partial charge in [-0.15, -0.1) is 0 Å². The van der Waals surface area contributed by atoms with Crippen LogP contribution in [0.25, 0.3) is 0 Å². The first-order valence-electron chi connectivity index (χ1n) is 7.64. The number of imide groups is 1. The second-order valence-corrected chi connectivity index (χ2v) is 5.72. The summed E-state index contributed by atoms with van der Waals surface area (Å²) >= 11 is 0. The summed E-state index contributed by atoms with van der Waals surface area (Å²) in [5, 5.41) is 4.81. The fourth-order valence-corrected chi connectivity index (χ4v) is 2.79. The van der Waals surface area contributed by atoms with Gasteiger partial charge in [0, 0.05) is 13.0 Å². The molecule has 0 aromatic heterocycles. The van der Waals surface area contributed by atoms with Crippen molar-refractivity contribution >= 4 is 23.6 Å². The molecule has 0 aliphatic carbocycles. The van der Waals surface area contributed by atoms with Crippen LogP contribution in [0.15, 0.2) is 0 Å². The number of nitrogens with two attached hydrogens (primary N) is 1. The van der Waals surface area contributed by atoms with Crippen molar-refractivity contribution in [3.05, 3.63) is 0 Å². The van der Waals surface area contributed by atoms with Gasteiger partial charge in [0.1, 0.15) is 12.1 Å². The maximum Gasteiger partial charge on any atom is 0.249 e. The van der Waals surface area contributed by atoms with Crippen molar-refractivity contribution in [2.24, 2.45) is 5.73 Å². The van der Waals surface area contributed by atoms with Gasteiger partial charge >= 0.3 is 0 Å². The topological polar surface area (TPSA) is 122 Å². The molecule has 0 spiro atoms. The van der Waals surface area contributed by atoms with E-state index < -0.39 is 29.9 Å². The number of amides is 4. The zero-order valence-corrected chi connectivity index (χ0v) is 12.6. The average Bonchev–Trinajstić information content (AvgIpc) is 3.14. The lowest BCUT2D eigenvalue weighted by atomic mass is 10.1. The highest BCUT2D eigenvalue weighted by molar-refractivity contribution is 6.03. The number of nitrogens with one attached hydrogen (secondary N) is 2. The van der Waals surface area contributed by atoms with Crippen LogP contribution in [0.5, 0.6) is 0 Å². The van der Waals surface area contributed by atoms with Crippen LogP contribution in [0, 0.1) is 0 Å². The van der Waals surface area contributed by atoms with Crippen LogP contribution in [0.2, 0.25) is 0 Å². The quantitative estimate of drug-likeness (QED) is 0.553. The number of likely N-dealkylation sites (tertiary alicyclic amines) is 1. The highest BCUT2D eigenvalue weighted by atomic mass is 16.2. The zero-order valence-electron chi connectivity index (χ0n) is 12.6. The summed E-state index contributed by atoms with van der Waals surface area (Å²) < 4.78 is 0. The van der Waals surface area contributed by atoms with E-state index in [2.05, 4.69) is 10.6 Å². The summed E-state index contributed by atoms with van der Waals surface area (Å²) in [7, 11) is 0. The first-order chi connectivity index (χ1) is 10.4. The summed E-state index contributed by atoms with van der Waals surface area (Å²) in [5.74, 6) is -1.48. The van der Waals surface area contributed by atoms with Crippen molar-refractivity contribution in [3.63, 3.8) is 0 Å². The van der Waals surface area contributed by atoms with Gasteiger partial charge in [0.15, 0.2) is 0 Å². The van der Waals surface area contributed by atoms with E-state index in [0.717, 1.165) is 0 Å². The minimum Gasteiger partial charge on any atom is -0.344 e. The number of nitrogens with zero attached hydrogens (tertiary/aromatic N) is 1. The molecular weight excluding hydrogens is 288 g/mol. The molecule has 0 bridgehead atoms. The van der Waals surface area contributed by atoms with Gasteiger partial charge in [0.2, 0.25) is 23.6 Å². The Morgan fingerprint density at radius 1 is 1.36 bits per heavy atom. The van der Waals surface area contributed by atoms with Crippen LogP contribution in [-0.4, -0.2) is 53.2 Å². The van der Waals surface area contributed by atoms with Gasteiger partial charge < -0.3 is 16.0 Å². The third kappa shape index (κ3) is 3.44. The Balaban J connectivity index is 1.94. The lowest BCUT2D eigenvalue weighted by Crippen LogP contribution is -2.54. The van der Waals surface area contributed by atoms with E-state index in [-0.39, 0.29) is 18.2 Å². The molecule has 4 N–H and O–H groups in total. The number of hydrogen-bond donors (Lipinski definition) is 3. The molecule has 0 aromatic rings. The standard InChI is InChI=1S/C14H22N4O4/c1-2-8(15)14(22)18-7-3-4-10(18)13(21)17-12(20)9-5-6-11(19)16-9/h8-10H,2-7,15H2,1H3,(H,16,19)(H,17,20,21)/t8?,9-,10-/m0/s1. The van der Waals surface area contributed by atoms with E-state index in [1.165, 1.54) is 4.90 Å². The highest BCUT2D eigenvalue weighted by Gasteiger charge is 2.37. The van der Waals surface area contributed by atoms with Crippen molar-refractivity contribution in [2.45, 2.75) is 57.2 Å². The Bertz CT molecular complexity index is 493. The van der Waals surface area contributed by atoms with Crippen molar-refractivity contribution < 1.29 is 19.2 Å². The van der Waals surface area contributed by atoms with Crippen LogP contribution in [0.4, 0.5) is 0 Å². The Kier molecular flexibility index (Phi) is 5.12. The first kappa shape index (κ1) is 16.4. The molecular formula is C14H22N4O4. The summed E-state index contributed by atoms with van der Waals surface area (Å²) in [6.45, 7) is 2.28.